The highest BCUT2D eigenvalue weighted by atomic mass is 19.3. The van der Waals surface area contributed by atoms with E-state index in [1.807, 2.05) is 0 Å². The van der Waals surface area contributed by atoms with Gasteiger partial charge in [0.25, 0.3) is 5.91 Å². The molecule has 3 rings (SSSR count). The largest absolute Gasteiger partial charge is 0.478 e. The van der Waals surface area contributed by atoms with Crippen molar-refractivity contribution in [3.8, 4) is 0 Å². The third-order valence-corrected chi connectivity index (χ3v) is 5.06. The summed E-state index contributed by atoms with van der Waals surface area (Å²) in [5.41, 5.74) is 0.712. The van der Waals surface area contributed by atoms with Crippen molar-refractivity contribution in [1.82, 2.24) is 4.90 Å². The number of hydrogen-bond donors (Lipinski definition) is 1. The Balaban J connectivity index is 1.62. The number of alkyl halides is 2. The van der Waals surface area contributed by atoms with Gasteiger partial charge in [-0.1, -0.05) is 48.5 Å². The van der Waals surface area contributed by atoms with Crippen LogP contribution in [0.2, 0.25) is 0 Å². The van der Waals surface area contributed by atoms with E-state index in [4.69, 9.17) is 0 Å². The Labute approximate surface area is 156 Å². The number of carboxylic acid groups (broad SMARTS) is 1. The quantitative estimate of drug-likeness (QED) is 0.863. The molecule has 1 fully saturated rings. The van der Waals surface area contributed by atoms with Crippen LogP contribution in [0.5, 0.6) is 0 Å². The van der Waals surface area contributed by atoms with Crippen molar-refractivity contribution in [2.45, 2.75) is 25.2 Å². The number of amides is 1. The fourth-order valence-electron chi connectivity index (χ4n) is 3.53. The van der Waals surface area contributed by atoms with Crippen molar-refractivity contribution < 1.29 is 23.5 Å². The third-order valence-electron chi connectivity index (χ3n) is 5.06. The van der Waals surface area contributed by atoms with Crippen LogP contribution in [0.15, 0.2) is 54.6 Å². The van der Waals surface area contributed by atoms with Crippen molar-refractivity contribution in [3.63, 3.8) is 0 Å². The van der Waals surface area contributed by atoms with Crippen LogP contribution >= 0.6 is 0 Å². The Morgan fingerprint density at radius 3 is 2.22 bits per heavy atom. The molecule has 142 valence electrons. The molecule has 6 heteroatoms. The van der Waals surface area contributed by atoms with Crippen LogP contribution in [0.4, 0.5) is 8.78 Å². The van der Waals surface area contributed by atoms with Gasteiger partial charge in [-0.3, -0.25) is 4.79 Å². The summed E-state index contributed by atoms with van der Waals surface area (Å²) in [7, 11) is 0. The maximum atomic E-state index is 14.5. The van der Waals surface area contributed by atoms with E-state index in [1.54, 1.807) is 30.3 Å². The summed E-state index contributed by atoms with van der Waals surface area (Å²) in [6.45, 7) is 0.502. The first-order chi connectivity index (χ1) is 12.9. The van der Waals surface area contributed by atoms with E-state index in [-0.39, 0.29) is 30.1 Å². The summed E-state index contributed by atoms with van der Waals surface area (Å²) in [6, 6.07) is 13.9. The second-order valence-corrected chi connectivity index (χ2v) is 6.84. The lowest BCUT2D eigenvalue weighted by atomic mass is 9.88. The molecule has 1 N–H and O–H groups in total. The summed E-state index contributed by atoms with van der Waals surface area (Å²) < 4.78 is 28.9. The molecule has 1 saturated heterocycles. The van der Waals surface area contributed by atoms with Gasteiger partial charge in [-0.2, -0.15) is 8.78 Å². The lowest BCUT2D eigenvalue weighted by Gasteiger charge is -2.34. The SMILES string of the molecule is O=C(O)c1ccccc1CC1CCN(C(=O)C(F)(F)c2ccccc2)CC1. The summed E-state index contributed by atoms with van der Waals surface area (Å²) in [5.74, 6) is -5.51. The zero-order chi connectivity index (χ0) is 19.4. The second kappa shape index (κ2) is 7.86. The molecule has 0 atom stereocenters. The molecule has 0 unspecified atom stereocenters. The van der Waals surface area contributed by atoms with Gasteiger partial charge >= 0.3 is 11.9 Å². The predicted molar refractivity (Wildman–Crippen MR) is 96.7 cm³/mol. The Morgan fingerprint density at radius 2 is 1.59 bits per heavy atom. The van der Waals surface area contributed by atoms with Crippen LogP contribution in [-0.4, -0.2) is 35.0 Å². The first-order valence-electron chi connectivity index (χ1n) is 8.93. The van der Waals surface area contributed by atoms with Crippen molar-refractivity contribution in [1.29, 1.82) is 0 Å². The Hall–Kier alpha value is -2.76. The highest BCUT2D eigenvalue weighted by Crippen LogP contribution is 2.32. The van der Waals surface area contributed by atoms with Crippen molar-refractivity contribution in [2.75, 3.05) is 13.1 Å². The van der Waals surface area contributed by atoms with E-state index in [1.165, 1.54) is 29.2 Å². The van der Waals surface area contributed by atoms with Gasteiger partial charge < -0.3 is 10.0 Å². The molecule has 0 saturated carbocycles. The van der Waals surface area contributed by atoms with E-state index < -0.39 is 17.8 Å². The van der Waals surface area contributed by atoms with Crippen LogP contribution in [0.1, 0.15) is 34.3 Å². The Bertz CT molecular complexity index is 815. The number of nitrogens with zero attached hydrogens (tertiary/aromatic N) is 1. The van der Waals surface area contributed by atoms with Gasteiger partial charge in [-0.25, -0.2) is 4.79 Å². The number of carbonyl (C=O) groups is 2. The summed E-state index contributed by atoms with van der Waals surface area (Å²) in [5, 5.41) is 9.27. The molecular weight excluding hydrogens is 352 g/mol. The fourth-order valence-corrected chi connectivity index (χ4v) is 3.53. The highest BCUT2D eigenvalue weighted by Gasteiger charge is 2.44. The minimum absolute atomic E-state index is 0.167. The normalized spacial score (nSPS) is 15.6. The van der Waals surface area contributed by atoms with E-state index in [0.717, 1.165) is 5.56 Å². The van der Waals surface area contributed by atoms with E-state index >= 15 is 0 Å². The number of rotatable bonds is 5. The van der Waals surface area contributed by atoms with Crippen LogP contribution in [0.3, 0.4) is 0 Å². The van der Waals surface area contributed by atoms with Crippen molar-refractivity contribution in [2.24, 2.45) is 5.92 Å². The number of likely N-dealkylation sites (tertiary alicyclic amines) is 1. The lowest BCUT2D eigenvalue weighted by Crippen LogP contribution is -2.46. The topological polar surface area (TPSA) is 57.6 Å². The smallest absolute Gasteiger partial charge is 0.349 e. The Morgan fingerprint density at radius 1 is 1.00 bits per heavy atom. The maximum absolute atomic E-state index is 14.5. The molecule has 1 aliphatic heterocycles. The van der Waals surface area contributed by atoms with Crippen LogP contribution in [0.25, 0.3) is 0 Å². The molecule has 1 aliphatic rings. The average molecular weight is 373 g/mol. The van der Waals surface area contributed by atoms with E-state index in [2.05, 4.69) is 0 Å². The van der Waals surface area contributed by atoms with E-state index in [9.17, 15) is 23.5 Å². The number of halogens is 2. The maximum Gasteiger partial charge on any atom is 0.349 e. The predicted octanol–water partition coefficient (Wildman–Crippen LogP) is 3.96. The number of carboxylic acids is 1. The summed E-state index contributed by atoms with van der Waals surface area (Å²) in [4.78, 5) is 24.9. The average Bonchev–Trinajstić information content (AvgIpc) is 2.69. The van der Waals surface area contributed by atoms with Crippen LogP contribution in [-0.2, 0) is 17.1 Å². The number of aromatic carboxylic acids is 1. The lowest BCUT2D eigenvalue weighted by molar-refractivity contribution is -0.160. The number of carbonyl (C=O) groups excluding carboxylic acids is 1. The number of benzene rings is 2. The van der Waals surface area contributed by atoms with Crippen LogP contribution in [0, 0.1) is 5.92 Å². The van der Waals surface area contributed by atoms with Gasteiger partial charge in [0.1, 0.15) is 0 Å². The van der Waals surface area contributed by atoms with Gasteiger partial charge in [0, 0.05) is 18.7 Å². The standard InChI is InChI=1S/C21H21F2NO3/c22-21(23,17-7-2-1-3-8-17)20(27)24-12-10-15(11-13-24)14-16-6-4-5-9-18(16)19(25)26/h1-9,15H,10-14H2,(H,25,26). The molecule has 27 heavy (non-hydrogen) atoms. The molecule has 1 heterocycles. The number of piperidine rings is 1. The molecule has 0 bridgehead atoms. The molecule has 0 radical (unpaired) electrons. The molecule has 4 nitrogen and oxygen atoms in total. The first kappa shape index (κ1) is 19.0. The van der Waals surface area contributed by atoms with Gasteiger partial charge in [0.05, 0.1) is 5.56 Å². The molecule has 0 aliphatic carbocycles. The molecular formula is C21H21F2NO3. The number of hydrogen-bond acceptors (Lipinski definition) is 2. The highest BCUT2D eigenvalue weighted by molar-refractivity contribution is 5.89. The first-order valence-corrected chi connectivity index (χ1v) is 8.93. The Kier molecular flexibility index (Phi) is 5.54. The van der Waals surface area contributed by atoms with Gasteiger partial charge in [-0.15, -0.1) is 0 Å². The van der Waals surface area contributed by atoms with Crippen molar-refractivity contribution in [3.05, 3.63) is 71.3 Å². The van der Waals surface area contributed by atoms with Gasteiger partial charge in [0.2, 0.25) is 0 Å². The zero-order valence-corrected chi connectivity index (χ0v) is 14.8. The minimum atomic E-state index is -3.54. The third kappa shape index (κ3) is 4.15. The fraction of sp³-hybridized carbons (Fsp3) is 0.333. The summed E-state index contributed by atoms with van der Waals surface area (Å²) >= 11 is 0. The van der Waals surface area contributed by atoms with E-state index in [0.29, 0.717) is 19.3 Å². The zero-order valence-electron chi connectivity index (χ0n) is 14.8. The molecule has 0 aromatic heterocycles. The van der Waals surface area contributed by atoms with Gasteiger partial charge in [0.15, 0.2) is 0 Å². The molecule has 1 amide bonds. The molecule has 0 spiro atoms. The van der Waals surface area contributed by atoms with Crippen LogP contribution < -0.4 is 0 Å². The minimum Gasteiger partial charge on any atom is -0.478 e. The second-order valence-electron chi connectivity index (χ2n) is 6.84. The molecule has 2 aromatic carbocycles. The summed E-state index contributed by atoms with van der Waals surface area (Å²) in [6.07, 6.45) is 1.72. The van der Waals surface area contributed by atoms with Crippen molar-refractivity contribution >= 4 is 11.9 Å². The monoisotopic (exact) mass is 373 g/mol. The molecule has 2 aromatic rings. The van der Waals surface area contributed by atoms with Gasteiger partial charge in [-0.05, 0) is 36.8 Å².